The Morgan fingerprint density at radius 2 is 2.25 bits per heavy atom. The summed E-state index contributed by atoms with van der Waals surface area (Å²) in [5.41, 5.74) is 1.14. The zero-order valence-electron chi connectivity index (χ0n) is 11.5. The van der Waals surface area contributed by atoms with Crippen LogP contribution in [0.5, 0.6) is 0 Å². The van der Waals surface area contributed by atoms with Gasteiger partial charge in [0.2, 0.25) is 5.91 Å². The average molecular weight is 276 g/mol. The number of amides is 1. The molecule has 0 radical (unpaired) electrons. The normalized spacial score (nSPS) is 30.5. The van der Waals surface area contributed by atoms with Gasteiger partial charge in [0, 0.05) is 19.5 Å². The molecule has 2 saturated heterocycles. The van der Waals surface area contributed by atoms with Gasteiger partial charge in [0.25, 0.3) is 0 Å². The van der Waals surface area contributed by atoms with Gasteiger partial charge in [0.05, 0.1) is 25.1 Å². The second kappa shape index (κ2) is 4.86. The van der Waals surface area contributed by atoms with E-state index in [-0.39, 0.29) is 18.1 Å². The minimum atomic E-state index is -0.134. The number of hydrogen-bond donors (Lipinski definition) is 1. The molecule has 0 aliphatic carbocycles. The summed E-state index contributed by atoms with van der Waals surface area (Å²) >= 11 is 0. The Kier molecular flexibility index (Phi) is 3.00. The van der Waals surface area contributed by atoms with Crippen LogP contribution in [0.15, 0.2) is 6.20 Å². The fourth-order valence-corrected chi connectivity index (χ4v) is 3.54. The zero-order valence-corrected chi connectivity index (χ0v) is 11.5. The molecule has 1 amide bonds. The van der Waals surface area contributed by atoms with E-state index in [1.807, 2.05) is 6.20 Å². The van der Waals surface area contributed by atoms with Gasteiger partial charge < -0.3 is 14.6 Å². The maximum absolute atomic E-state index is 12.1. The lowest BCUT2D eigenvalue weighted by atomic mass is 10.2. The number of aryl methyl sites for hydroxylation is 1. The predicted molar refractivity (Wildman–Crippen MR) is 72.0 cm³/mol. The maximum Gasteiger partial charge on any atom is 0.241 e. The van der Waals surface area contributed by atoms with E-state index < -0.39 is 0 Å². The van der Waals surface area contributed by atoms with E-state index >= 15 is 0 Å². The summed E-state index contributed by atoms with van der Waals surface area (Å²) in [5.74, 6) is 1.25. The lowest BCUT2D eigenvalue weighted by Crippen LogP contribution is -2.44. The highest BCUT2D eigenvalue weighted by Gasteiger charge is 2.43. The maximum atomic E-state index is 12.1. The van der Waals surface area contributed by atoms with E-state index in [2.05, 4.69) is 19.8 Å². The van der Waals surface area contributed by atoms with Crippen LogP contribution in [0.1, 0.15) is 36.9 Å². The monoisotopic (exact) mass is 276 g/mol. The van der Waals surface area contributed by atoms with Crippen molar-refractivity contribution in [2.75, 3.05) is 19.8 Å². The highest BCUT2D eigenvalue weighted by Crippen LogP contribution is 2.30. The van der Waals surface area contributed by atoms with E-state index in [1.54, 1.807) is 0 Å². The molecule has 1 aromatic rings. The second-order valence-corrected chi connectivity index (χ2v) is 5.80. The van der Waals surface area contributed by atoms with Gasteiger partial charge in [-0.2, -0.15) is 0 Å². The first-order valence-electron chi connectivity index (χ1n) is 7.53. The third kappa shape index (κ3) is 1.86. The number of morpholine rings is 1. The van der Waals surface area contributed by atoms with Crippen LogP contribution in [0.3, 0.4) is 0 Å². The van der Waals surface area contributed by atoms with Gasteiger partial charge in [0.15, 0.2) is 0 Å². The fraction of sp³-hybridized carbons (Fsp3) is 0.714. The molecule has 3 aliphatic heterocycles. The topological polar surface area (TPSA) is 59.4 Å². The molecule has 6 heteroatoms. The summed E-state index contributed by atoms with van der Waals surface area (Å²) in [5, 5.41) is 3.11. The Bertz CT molecular complexity index is 527. The van der Waals surface area contributed by atoms with E-state index in [9.17, 15) is 4.79 Å². The Morgan fingerprint density at radius 1 is 1.30 bits per heavy atom. The number of nitrogens with zero attached hydrogens (tertiary/aromatic N) is 3. The van der Waals surface area contributed by atoms with Crippen molar-refractivity contribution in [3.05, 3.63) is 17.7 Å². The lowest BCUT2D eigenvalue weighted by Gasteiger charge is -2.31. The van der Waals surface area contributed by atoms with E-state index in [1.165, 1.54) is 25.1 Å². The molecular weight excluding hydrogens is 256 g/mol. The predicted octanol–water partition coefficient (Wildman–Crippen LogP) is 0.439. The van der Waals surface area contributed by atoms with Crippen molar-refractivity contribution in [3.8, 4) is 0 Å². The molecule has 2 atom stereocenters. The minimum absolute atomic E-state index is 0.0317. The van der Waals surface area contributed by atoms with Crippen molar-refractivity contribution < 1.29 is 9.53 Å². The number of rotatable bonds is 1. The van der Waals surface area contributed by atoms with Gasteiger partial charge in [-0.05, 0) is 12.8 Å². The zero-order chi connectivity index (χ0) is 13.5. The Balaban J connectivity index is 1.67. The molecule has 20 heavy (non-hydrogen) atoms. The average Bonchev–Trinajstić information content (AvgIpc) is 2.92. The first-order valence-corrected chi connectivity index (χ1v) is 7.53. The standard InChI is InChI=1S/C14H20N4O2/c19-14-11-9-20-7-6-18(11)13(16-14)10-8-15-12-4-2-1-3-5-17(10)12/h8,11,13H,1-7,9H2,(H,16,19). The van der Waals surface area contributed by atoms with Crippen LogP contribution in [0.25, 0.3) is 0 Å². The molecule has 108 valence electrons. The molecule has 6 nitrogen and oxygen atoms in total. The molecule has 4 rings (SSSR count). The van der Waals surface area contributed by atoms with E-state index in [0.29, 0.717) is 13.2 Å². The molecule has 0 spiro atoms. The first-order chi connectivity index (χ1) is 9.84. The van der Waals surface area contributed by atoms with Gasteiger partial charge in [0.1, 0.15) is 18.0 Å². The number of fused-ring (bicyclic) bond motifs is 2. The van der Waals surface area contributed by atoms with Crippen molar-refractivity contribution in [1.82, 2.24) is 19.8 Å². The number of carbonyl (C=O) groups excluding carboxylic acids is 1. The lowest BCUT2D eigenvalue weighted by molar-refractivity contribution is -0.125. The SMILES string of the molecule is O=C1NC(c2cnc3n2CCCCC3)N2CCOCC12. The quantitative estimate of drug-likeness (QED) is 0.808. The molecule has 1 aromatic heterocycles. The van der Waals surface area contributed by atoms with Crippen molar-refractivity contribution in [2.24, 2.45) is 0 Å². The number of aromatic nitrogens is 2. The van der Waals surface area contributed by atoms with Crippen molar-refractivity contribution in [1.29, 1.82) is 0 Å². The fourth-order valence-electron chi connectivity index (χ4n) is 3.54. The minimum Gasteiger partial charge on any atom is -0.378 e. The highest BCUT2D eigenvalue weighted by molar-refractivity contribution is 5.84. The van der Waals surface area contributed by atoms with Gasteiger partial charge in [-0.25, -0.2) is 4.98 Å². The van der Waals surface area contributed by atoms with Crippen molar-refractivity contribution in [2.45, 2.75) is 44.4 Å². The third-order valence-corrected chi connectivity index (χ3v) is 4.61. The third-order valence-electron chi connectivity index (χ3n) is 4.61. The van der Waals surface area contributed by atoms with Crippen LogP contribution in [0.4, 0.5) is 0 Å². The molecule has 4 heterocycles. The smallest absolute Gasteiger partial charge is 0.241 e. The van der Waals surface area contributed by atoms with Gasteiger partial charge in [-0.3, -0.25) is 9.69 Å². The van der Waals surface area contributed by atoms with Crippen LogP contribution < -0.4 is 5.32 Å². The number of ether oxygens (including phenoxy) is 1. The van der Waals surface area contributed by atoms with Gasteiger partial charge in [-0.1, -0.05) is 6.42 Å². The van der Waals surface area contributed by atoms with Gasteiger partial charge >= 0.3 is 0 Å². The first kappa shape index (κ1) is 12.3. The summed E-state index contributed by atoms with van der Waals surface area (Å²) < 4.78 is 7.74. The molecule has 2 unspecified atom stereocenters. The summed E-state index contributed by atoms with van der Waals surface area (Å²) in [4.78, 5) is 18.9. The summed E-state index contributed by atoms with van der Waals surface area (Å²) in [7, 11) is 0. The Morgan fingerprint density at radius 3 is 3.20 bits per heavy atom. The molecule has 0 aromatic carbocycles. The molecule has 2 fully saturated rings. The molecule has 3 aliphatic rings. The van der Waals surface area contributed by atoms with Crippen LogP contribution in [-0.2, 0) is 22.5 Å². The summed E-state index contributed by atoms with van der Waals surface area (Å²) in [6.07, 6.45) is 6.64. The molecular formula is C14H20N4O2. The Labute approximate surface area is 118 Å². The van der Waals surface area contributed by atoms with Crippen LogP contribution in [-0.4, -0.2) is 46.2 Å². The van der Waals surface area contributed by atoms with Gasteiger partial charge in [-0.15, -0.1) is 0 Å². The van der Waals surface area contributed by atoms with E-state index in [4.69, 9.17) is 4.74 Å². The van der Waals surface area contributed by atoms with Crippen molar-refractivity contribution in [3.63, 3.8) is 0 Å². The largest absolute Gasteiger partial charge is 0.378 e. The summed E-state index contributed by atoms with van der Waals surface area (Å²) in [6.45, 7) is 3.02. The van der Waals surface area contributed by atoms with Crippen LogP contribution in [0, 0.1) is 0 Å². The number of imidazole rings is 1. The summed E-state index contributed by atoms with van der Waals surface area (Å²) in [6, 6.07) is -0.134. The second-order valence-electron chi connectivity index (χ2n) is 5.80. The molecule has 0 bridgehead atoms. The van der Waals surface area contributed by atoms with E-state index in [0.717, 1.165) is 25.2 Å². The number of nitrogens with one attached hydrogen (secondary N) is 1. The van der Waals surface area contributed by atoms with Crippen LogP contribution in [0.2, 0.25) is 0 Å². The number of hydrogen-bond acceptors (Lipinski definition) is 4. The number of carbonyl (C=O) groups is 1. The molecule has 1 N–H and O–H groups in total. The van der Waals surface area contributed by atoms with Crippen LogP contribution >= 0.6 is 0 Å². The highest BCUT2D eigenvalue weighted by atomic mass is 16.5. The van der Waals surface area contributed by atoms with Crippen molar-refractivity contribution >= 4 is 5.91 Å². The Hall–Kier alpha value is -1.40. The molecule has 0 saturated carbocycles.